The molecule has 0 unspecified atom stereocenters. The van der Waals surface area contributed by atoms with Crippen molar-refractivity contribution in [3.63, 3.8) is 0 Å². The van der Waals surface area contributed by atoms with E-state index in [0.717, 1.165) is 11.1 Å². The third-order valence-corrected chi connectivity index (χ3v) is 6.28. The van der Waals surface area contributed by atoms with Crippen LogP contribution >= 0.6 is 0 Å². The SMILES string of the molecule is Cc1ccc(NS(=O)(=O)c2ccc(NC(=O)c3ccc(OCC(C)C)cc3)cc2)cc1C. The zero-order chi connectivity index (χ0) is 23.3. The Kier molecular flexibility index (Phi) is 7.20. The second-order valence-corrected chi connectivity index (χ2v) is 9.79. The highest BCUT2D eigenvalue weighted by Gasteiger charge is 2.15. The molecule has 0 heterocycles. The summed E-state index contributed by atoms with van der Waals surface area (Å²) in [5.41, 5.74) is 3.58. The second kappa shape index (κ2) is 9.87. The minimum Gasteiger partial charge on any atom is -0.493 e. The molecule has 3 aromatic carbocycles. The minimum absolute atomic E-state index is 0.111. The summed E-state index contributed by atoms with van der Waals surface area (Å²) >= 11 is 0. The van der Waals surface area contributed by atoms with E-state index in [2.05, 4.69) is 23.9 Å². The molecule has 168 valence electrons. The molecule has 3 aromatic rings. The number of nitrogens with one attached hydrogen (secondary N) is 2. The van der Waals surface area contributed by atoms with Gasteiger partial charge in [0.2, 0.25) is 0 Å². The highest BCUT2D eigenvalue weighted by molar-refractivity contribution is 7.92. The van der Waals surface area contributed by atoms with Gasteiger partial charge in [0, 0.05) is 16.9 Å². The van der Waals surface area contributed by atoms with E-state index >= 15 is 0 Å². The van der Waals surface area contributed by atoms with Gasteiger partial charge >= 0.3 is 0 Å². The zero-order valence-electron chi connectivity index (χ0n) is 18.7. The van der Waals surface area contributed by atoms with Crippen molar-refractivity contribution in [3.8, 4) is 5.75 Å². The Morgan fingerprint density at radius 3 is 2.09 bits per heavy atom. The van der Waals surface area contributed by atoms with Crippen molar-refractivity contribution < 1.29 is 17.9 Å². The van der Waals surface area contributed by atoms with Gasteiger partial charge in [-0.05, 0) is 91.6 Å². The van der Waals surface area contributed by atoms with Gasteiger partial charge in [-0.3, -0.25) is 9.52 Å². The highest BCUT2D eigenvalue weighted by Crippen LogP contribution is 2.21. The average molecular weight is 453 g/mol. The topological polar surface area (TPSA) is 84.5 Å². The highest BCUT2D eigenvalue weighted by atomic mass is 32.2. The molecule has 0 aliphatic rings. The molecule has 0 bridgehead atoms. The van der Waals surface area contributed by atoms with Crippen LogP contribution in [0.2, 0.25) is 0 Å². The normalized spacial score (nSPS) is 11.3. The van der Waals surface area contributed by atoms with Crippen molar-refractivity contribution in [3.05, 3.63) is 83.4 Å². The number of carbonyl (C=O) groups excluding carboxylic acids is 1. The van der Waals surface area contributed by atoms with Gasteiger partial charge in [-0.15, -0.1) is 0 Å². The monoisotopic (exact) mass is 452 g/mol. The first-order chi connectivity index (χ1) is 15.1. The molecular weight excluding hydrogens is 424 g/mol. The van der Waals surface area contributed by atoms with Crippen molar-refractivity contribution in [2.24, 2.45) is 5.92 Å². The molecule has 0 aromatic heterocycles. The first kappa shape index (κ1) is 23.3. The van der Waals surface area contributed by atoms with Gasteiger partial charge in [-0.25, -0.2) is 8.42 Å². The van der Waals surface area contributed by atoms with Crippen LogP contribution in [0.25, 0.3) is 0 Å². The van der Waals surface area contributed by atoms with Crippen molar-refractivity contribution in [2.75, 3.05) is 16.6 Å². The van der Waals surface area contributed by atoms with E-state index in [9.17, 15) is 13.2 Å². The lowest BCUT2D eigenvalue weighted by Gasteiger charge is -2.11. The van der Waals surface area contributed by atoms with Crippen LogP contribution in [-0.4, -0.2) is 20.9 Å². The summed E-state index contributed by atoms with van der Waals surface area (Å²) in [4.78, 5) is 12.6. The lowest BCUT2D eigenvalue weighted by molar-refractivity contribution is 0.102. The fraction of sp³-hybridized carbons (Fsp3) is 0.240. The van der Waals surface area contributed by atoms with E-state index in [1.165, 1.54) is 12.1 Å². The van der Waals surface area contributed by atoms with Crippen LogP contribution in [0.4, 0.5) is 11.4 Å². The molecule has 0 fully saturated rings. The molecule has 0 radical (unpaired) electrons. The number of ether oxygens (including phenoxy) is 1. The van der Waals surface area contributed by atoms with E-state index in [-0.39, 0.29) is 10.8 Å². The number of anilines is 2. The first-order valence-electron chi connectivity index (χ1n) is 10.4. The maximum Gasteiger partial charge on any atom is 0.261 e. The van der Waals surface area contributed by atoms with Gasteiger partial charge in [-0.2, -0.15) is 0 Å². The van der Waals surface area contributed by atoms with Gasteiger partial charge in [0.1, 0.15) is 5.75 Å². The summed E-state index contributed by atoms with van der Waals surface area (Å²) in [6, 6.07) is 18.3. The largest absolute Gasteiger partial charge is 0.493 e. The molecule has 1 amide bonds. The Balaban J connectivity index is 1.64. The molecule has 0 spiro atoms. The third-order valence-electron chi connectivity index (χ3n) is 4.88. The summed E-state index contributed by atoms with van der Waals surface area (Å²) in [6.07, 6.45) is 0. The van der Waals surface area contributed by atoms with Gasteiger partial charge in [0.15, 0.2) is 0 Å². The quantitative estimate of drug-likeness (QED) is 0.480. The Bertz CT molecular complexity index is 1190. The molecule has 32 heavy (non-hydrogen) atoms. The van der Waals surface area contributed by atoms with E-state index in [4.69, 9.17) is 4.74 Å². The molecule has 2 N–H and O–H groups in total. The van der Waals surface area contributed by atoms with Gasteiger partial charge in [0.05, 0.1) is 11.5 Å². The molecule has 7 heteroatoms. The Labute approximate surface area is 189 Å². The van der Waals surface area contributed by atoms with Crippen LogP contribution < -0.4 is 14.8 Å². The van der Waals surface area contributed by atoms with Crippen LogP contribution in [0.15, 0.2) is 71.6 Å². The maximum absolute atomic E-state index is 12.7. The minimum atomic E-state index is -3.73. The predicted molar refractivity (Wildman–Crippen MR) is 128 cm³/mol. The van der Waals surface area contributed by atoms with Crippen molar-refractivity contribution >= 4 is 27.3 Å². The summed E-state index contributed by atoms with van der Waals surface area (Å²) < 4.78 is 33.5. The summed E-state index contributed by atoms with van der Waals surface area (Å²) in [5, 5.41) is 2.77. The maximum atomic E-state index is 12.7. The molecule has 0 saturated carbocycles. The number of aryl methyl sites for hydroxylation is 2. The number of carbonyl (C=O) groups is 1. The third kappa shape index (κ3) is 6.11. The number of rotatable bonds is 8. The summed E-state index contributed by atoms with van der Waals surface area (Å²) in [5.74, 6) is 0.839. The lowest BCUT2D eigenvalue weighted by atomic mass is 10.1. The predicted octanol–water partition coefficient (Wildman–Crippen LogP) is 5.39. The lowest BCUT2D eigenvalue weighted by Crippen LogP contribution is -2.14. The summed E-state index contributed by atoms with van der Waals surface area (Å²) in [7, 11) is -3.73. The van der Waals surface area contributed by atoms with Crippen LogP contribution in [0.1, 0.15) is 35.3 Å². The molecule has 6 nitrogen and oxygen atoms in total. The van der Waals surface area contributed by atoms with Crippen LogP contribution in [0.5, 0.6) is 5.75 Å². The van der Waals surface area contributed by atoms with Gasteiger partial charge in [0.25, 0.3) is 15.9 Å². The first-order valence-corrected chi connectivity index (χ1v) is 11.9. The smallest absolute Gasteiger partial charge is 0.261 e. The standard InChI is InChI=1S/C25H28N2O4S/c1-17(2)16-31-23-11-6-20(7-12-23)25(28)26-21-9-13-24(14-10-21)32(29,30)27-22-8-5-18(3)19(4)15-22/h5-15,17,27H,16H2,1-4H3,(H,26,28). The van der Waals surface area contributed by atoms with Crippen molar-refractivity contribution in [1.29, 1.82) is 0 Å². The van der Waals surface area contributed by atoms with E-state index < -0.39 is 10.0 Å². The zero-order valence-corrected chi connectivity index (χ0v) is 19.5. The van der Waals surface area contributed by atoms with Crippen LogP contribution in [0.3, 0.4) is 0 Å². The van der Waals surface area contributed by atoms with Crippen LogP contribution in [0, 0.1) is 19.8 Å². The number of hydrogen-bond donors (Lipinski definition) is 2. The number of hydrogen-bond acceptors (Lipinski definition) is 4. The van der Waals surface area contributed by atoms with Crippen molar-refractivity contribution in [1.82, 2.24) is 0 Å². The van der Waals surface area contributed by atoms with E-state index in [0.29, 0.717) is 35.2 Å². The molecule has 0 aliphatic heterocycles. The molecule has 0 saturated heterocycles. The average Bonchev–Trinajstić information content (AvgIpc) is 2.75. The number of benzene rings is 3. The van der Waals surface area contributed by atoms with E-state index in [1.54, 1.807) is 48.5 Å². The van der Waals surface area contributed by atoms with E-state index in [1.807, 2.05) is 19.9 Å². The fourth-order valence-electron chi connectivity index (χ4n) is 2.91. The van der Waals surface area contributed by atoms with Crippen molar-refractivity contribution in [2.45, 2.75) is 32.6 Å². The fourth-order valence-corrected chi connectivity index (χ4v) is 3.95. The summed E-state index contributed by atoms with van der Waals surface area (Å²) in [6.45, 7) is 8.64. The molecule has 3 rings (SSSR count). The second-order valence-electron chi connectivity index (χ2n) is 8.11. The Morgan fingerprint density at radius 1 is 0.875 bits per heavy atom. The Morgan fingerprint density at radius 2 is 1.50 bits per heavy atom. The number of amides is 1. The Hall–Kier alpha value is -3.32. The van der Waals surface area contributed by atoms with Gasteiger partial charge < -0.3 is 10.1 Å². The van der Waals surface area contributed by atoms with Crippen LogP contribution in [-0.2, 0) is 10.0 Å². The molecular formula is C25H28N2O4S. The molecule has 0 aliphatic carbocycles. The van der Waals surface area contributed by atoms with Gasteiger partial charge in [-0.1, -0.05) is 19.9 Å². The number of sulfonamides is 1. The molecule has 0 atom stereocenters.